The summed E-state index contributed by atoms with van der Waals surface area (Å²) < 4.78 is 11.6. The zero-order valence-electron chi connectivity index (χ0n) is 18.1. The normalized spacial score (nSPS) is 14.7. The van der Waals surface area contributed by atoms with E-state index in [1.165, 1.54) is 10.4 Å². The standard InChI is InChI=1S/C23H27N5O3/c1-4-16-6-8-17(9-7-16)23-25-27-28(26-23)14-22(29)24-13-19-12-21-18(10-15(3)31-21)11-20(19)30-5-2/h6-9,11-12,15H,4-5,10,13-14H2,1-3H3,(H,24,29)/t15-/m0/s1. The summed E-state index contributed by atoms with van der Waals surface area (Å²) in [6, 6.07) is 12.0. The van der Waals surface area contributed by atoms with Crippen LogP contribution in [0.5, 0.6) is 11.5 Å². The molecule has 1 aliphatic heterocycles. The summed E-state index contributed by atoms with van der Waals surface area (Å²) in [7, 11) is 0. The van der Waals surface area contributed by atoms with Gasteiger partial charge < -0.3 is 14.8 Å². The Morgan fingerprint density at radius 2 is 2.06 bits per heavy atom. The van der Waals surface area contributed by atoms with Crippen molar-refractivity contribution in [1.82, 2.24) is 25.5 Å². The van der Waals surface area contributed by atoms with Crippen LogP contribution in [0.15, 0.2) is 36.4 Å². The molecule has 0 radical (unpaired) electrons. The second kappa shape index (κ2) is 9.16. The van der Waals surface area contributed by atoms with Gasteiger partial charge in [0.25, 0.3) is 0 Å². The van der Waals surface area contributed by atoms with Gasteiger partial charge in [-0.3, -0.25) is 4.79 Å². The minimum Gasteiger partial charge on any atom is -0.494 e. The minimum absolute atomic E-state index is 0.0114. The highest BCUT2D eigenvalue weighted by molar-refractivity contribution is 5.75. The van der Waals surface area contributed by atoms with Crippen LogP contribution < -0.4 is 14.8 Å². The van der Waals surface area contributed by atoms with E-state index in [0.29, 0.717) is 19.0 Å². The van der Waals surface area contributed by atoms with Gasteiger partial charge in [-0.15, -0.1) is 10.2 Å². The second-order valence-corrected chi connectivity index (χ2v) is 7.60. The van der Waals surface area contributed by atoms with Gasteiger partial charge in [-0.05, 0) is 43.2 Å². The average molecular weight is 422 g/mol. The Balaban J connectivity index is 1.38. The number of hydrogen-bond acceptors (Lipinski definition) is 6. The molecule has 0 saturated carbocycles. The van der Waals surface area contributed by atoms with E-state index in [1.807, 2.05) is 50.2 Å². The van der Waals surface area contributed by atoms with E-state index in [9.17, 15) is 4.79 Å². The van der Waals surface area contributed by atoms with E-state index in [1.54, 1.807) is 0 Å². The van der Waals surface area contributed by atoms with Crippen LogP contribution in [0.4, 0.5) is 0 Å². The number of aryl methyl sites for hydroxylation is 1. The minimum atomic E-state index is -0.206. The molecule has 0 saturated heterocycles. The topological polar surface area (TPSA) is 91.2 Å². The van der Waals surface area contributed by atoms with Gasteiger partial charge in [0.05, 0.1) is 6.61 Å². The van der Waals surface area contributed by atoms with E-state index >= 15 is 0 Å². The molecule has 1 aromatic heterocycles. The third kappa shape index (κ3) is 4.84. The van der Waals surface area contributed by atoms with Crippen molar-refractivity contribution in [3.05, 3.63) is 53.1 Å². The largest absolute Gasteiger partial charge is 0.494 e. The SMILES string of the molecule is CCOc1cc2c(cc1CNC(=O)Cn1nnc(-c3ccc(CC)cc3)n1)O[C@@H](C)C2. The molecule has 4 rings (SSSR count). The van der Waals surface area contributed by atoms with Crippen molar-refractivity contribution >= 4 is 5.91 Å². The summed E-state index contributed by atoms with van der Waals surface area (Å²) in [5.41, 5.74) is 4.13. The maximum absolute atomic E-state index is 12.5. The highest BCUT2D eigenvalue weighted by atomic mass is 16.5. The zero-order valence-corrected chi connectivity index (χ0v) is 18.1. The first kappa shape index (κ1) is 20.8. The zero-order chi connectivity index (χ0) is 21.8. The molecule has 0 fully saturated rings. The Bertz CT molecular complexity index is 1060. The van der Waals surface area contributed by atoms with E-state index in [2.05, 4.69) is 27.7 Å². The fourth-order valence-corrected chi connectivity index (χ4v) is 3.60. The molecule has 8 heteroatoms. The highest BCUT2D eigenvalue weighted by Crippen LogP contribution is 2.35. The fourth-order valence-electron chi connectivity index (χ4n) is 3.60. The van der Waals surface area contributed by atoms with Crippen LogP contribution in [0.2, 0.25) is 0 Å². The lowest BCUT2D eigenvalue weighted by Crippen LogP contribution is -2.28. The molecule has 162 valence electrons. The molecular weight excluding hydrogens is 394 g/mol. The maximum Gasteiger partial charge on any atom is 0.243 e. The summed E-state index contributed by atoms with van der Waals surface area (Å²) >= 11 is 0. The molecule has 1 aliphatic rings. The van der Waals surface area contributed by atoms with Crippen molar-refractivity contribution in [2.24, 2.45) is 0 Å². The second-order valence-electron chi connectivity index (χ2n) is 7.60. The van der Waals surface area contributed by atoms with E-state index in [0.717, 1.165) is 41.0 Å². The van der Waals surface area contributed by atoms with Crippen LogP contribution in [0.1, 0.15) is 37.5 Å². The van der Waals surface area contributed by atoms with Crippen LogP contribution >= 0.6 is 0 Å². The fraction of sp³-hybridized carbons (Fsp3) is 0.391. The predicted octanol–water partition coefficient (Wildman–Crippen LogP) is 2.94. The third-order valence-corrected chi connectivity index (χ3v) is 5.21. The molecule has 0 spiro atoms. The Morgan fingerprint density at radius 1 is 1.26 bits per heavy atom. The summed E-state index contributed by atoms with van der Waals surface area (Å²) in [6.07, 6.45) is 1.99. The quantitative estimate of drug-likeness (QED) is 0.601. The summed E-state index contributed by atoms with van der Waals surface area (Å²) in [5, 5.41) is 15.3. The number of fused-ring (bicyclic) bond motifs is 1. The number of nitrogens with one attached hydrogen (secondary N) is 1. The van der Waals surface area contributed by atoms with Crippen LogP contribution in [-0.2, 0) is 30.7 Å². The molecule has 3 aromatic rings. The van der Waals surface area contributed by atoms with Crippen molar-refractivity contribution in [2.75, 3.05) is 6.61 Å². The molecule has 2 heterocycles. The van der Waals surface area contributed by atoms with Crippen molar-refractivity contribution in [3.8, 4) is 22.9 Å². The van der Waals surface area contributed by atoms with Crippen molar-refractivity contribution < 1.29 is 14.3 Å². The van der Waals surface area contributed by atoms with Gasteiger partial charge in [0.15, 0.2) is 0 Å². The smallest absolute Gasteiger partial charge is 0.243 e. The summed E-state index contributed by atoms with van der Waals surface area (Å²) in [5.74, 6) is 1.93. The molecule has 0 bridgehead atoms. The van der Waals surface area contributed by atoms with Crippen LogP contribution in [0.25, 0.3) is 11.4 Å². The number of nitrogens with zero attached hydrogens (tertiary/aromatic N) is 4. The van der Waals surface area contributed by atoms with Gasteiger partial charge in [-0.25, -0.2) is 0 Å². The number of carbonyl (C=O) groups is 1. The number of aromatic nitrogens is 4. The van der Waals surface area contributed by atoms with Gasteiger partial charge in [-0.2, -0.15) is 4.80 Å². The predicted molar refractivity (Wildman–Crippen MR) is 116 cm³/mol. The van der Waals surface area contributed by atoms with Gasteiger partial charge >= 0.3 is 0 Å². The number of benzene rings is 2. The number of ether oxygens (including phenoxy) is 2. The summed E-state index contributed by atoms with van der Waals surface area (Å²) in [4.78, 5) is 13.8. The Kier molecular flexibility index (Phi) is 6.16. The van der Waals surface area contributed by atoms with Crippen LogP contribution in [0, 0.1) is 0 Å². The first-order valence-corrected chi connectivity index (χ1v) is 10.6. The molecule has 0 unspecified atom stereocenters. The molecule has 0 aliphatic carbocycles. The molecule has 1 N–H and O–H groups in total. The number of amides is 1. The first-order chi connectivity index (χ1) is 15.1. The van der Waals surface area contributed by atoms with Gasteiger partial charge in [-0.1, -0.05) is 31.2 Å². The Labute approximate surface area is 181 Å². The summed E-state index contributed by atoms with van der Waals surface area (Å²) in [6.45, 7) is 6.97. The van der Waals surface area contributed by atoms with Crippen LogP contribution in [-0.4, -0.2) is 38.8 Å². The Hall–Kier alpha value is -3.42. The maximum atomic E-state index is 12.5. The molecule has 31 heavy (non-hydrogen) atoms. The van der Waals surface area contributed by atoms with Gasteiger partial charge in [0, 0.05) is 29.7 Å². The monoisotopic (exact) mass is 421 g/mol. The van der Waals surface area contributed by atoms with E-state index in [-0.39, 0.29) is 18.6 Å². The van der Waals surface area contributed by atoms with Crippen molar-refractivity contribution in [2.45, 2.75) is 52.8 Å². The van der Waals surface area contributed by atoms with Crippen LogP contribution in [0.3, 0.4) is 0 Å². The molecule has 8 nitrogen and oxygen atoms in total. The highest BCUT2D eigenvalue weighted by Gasteiger charge is 2.22. The molecular formula is C23H27N5O3. The first-order valence-electron chi connectivity index (χ1n) is 10.6. The number of hydrogen-bond donors (Lipinski definition) is 1. The third-order valence-electron chi connectivity index (χ3n) is 5.21. The van der Waals surface area contributed by atoms with Crippen molar-refractivity contribution in [3.63, 3.8) is 0 Å². The van der Waals surface area contributed by atoms with Gasteiger partial charge in [0.2, 0.25) is 11.7 Å². The lowest BCUT2D eigenvalue weighted by atomic mass is 10.1. The van der Waals surface area contributed by atoms with E-state index < -0.39 is 0 Å². The number of tetrazole rings is 1. The molecule has 1 atom stereocenters. The number of rotatable bonds is 8. The lowest BCUT2D eigenvalue weighted by Gasteiger charge is -2.13. The lowest BCUT2D eigenvalue weighted by molar-refractivity contribution is -0.122. The van der Waals surface area contributed by atoms with Crippen molar-refractivity contribution in [1.29, 1.82) is 0 Å². The number of carbonyl (C=O) groups excluding carboxylic acids is 1. The molecule has 2 aromatic carbocycles. The Morgan fingerprint density at radius 3 is 2.81 bits per heavy atom. The van der Waals surface area contributed by atoms with Gasteiger partial charge in [0.1, 0.15) is 24.1 Å². The molecule has 1 amide bonds. The average Bonchev–Trinajstić information content (AvgIpc) is 3.37. The van der Waals surface area contributed by atoms with E-state index in [4.69, 9.17) is 9.47 Å².